The average molecular weight is 177 g/mol. The summed E-state index contributed by atoms with van der Waals surface area (Å²) in [6, 6.07) is 0. The number of H-pyrrole nitrogens is 1. The normalized spacial score (nSPS) is 17.3. The molecule has 0 amide bonds. The highest BCUT2D eigenvalue weighted by atomic mass is 14.9. The summed E-state index contributed by atoms with van der Waals surface area (Å²) in [5.41, 5.74) is 1.18. The maximum absolute atomic E-state index is 4.07. The molecule has 0 aliphatic heterocycles. The van der Waals surface area contributed by atoms with Crippen molar-refractivity contribution in [3.8, 4) is 0 Å². The molecule has 1 heterocycles. The molecule has 1 radical (unpaired) electrons. The molecule has 0 bridgehead atoms. The fraction of sp³-hybridized carbons (Fsp3) is 0.727. The van der Waals surface area contributed by atoms with Gasteiger partial charge < -0.3 is 4.98 Å². The summed E-state index contributed by atoms with van der Waals surface area (Å²) in [7, 11) is 0. The van der Waals surface area contributed by atoms with Crippen molar-refractivity contribution in [3.05, 3.63) is 17.7 Å². The number of aryl methyl sites for hydroxylation is 2. The van der Waals surface area contributed by atoms with Crippen molar-refractivity contribution < 1.29 is 0 Å². The second kappa shape index (κ2) is 3.95. The topological polar surface area (TPSA) is 28.7 Å². The molecule has 0 atom stereocenters. The highest BCUT2D eigenvalue weighted by Crippen LogP contribution is 2.30. The summed E-state index contributed by atoms with van der Waals surface area (Å²) >= 11 is 0. The quantitative estimate of drug-likeness (QED) is 0.752. The van der Waals surface area contributed by atoms with Crippen LogP contribution >= 0.6 is 0 Å². The second-order valence-electron chi connectivity index (χ2n) is 4.10. The molecule has 2 nitrogen and oxygen atoms in total. The SMILES string of the molecule is Cc1n[c]c(CCCC2CCC2)[nH]1. The van der Waals surface area contributed by atoms with Gasteiger partial charge in [0.25, 0.3) is 0 Å². The fourth-order valence-electron chi connectivity index (χ4n) is 1.89. The number of nitrogens with zero attached hydrogens (tertiary/aromatic N) is 1. The molecule has 1 N–H and O–H groups in total. The summed E-state index contributed by atoms with van der Waals surface area (Å²) in [6.45, 7) is 1.98. The van der Waals surface area contributed by atoms with Crippen LogP contribution in [0.3, 0.4) is 0 Å². The molecule has 71 valence electrons. The number of aromatic amines is 1. The first-order valence-corrected chi connectivity index (χ1v) is 5.28. The van der Waals surface area contributed by atoms with Crippen LogP contribution in [0.15, 0.2) is 0 Å². The van der Waals surface area contributed by atoms with E-state index in [0.717, 1.165) is 18.2 Å². The van der Waals surface area contributed by atoms with Crippen LogP contribution in [0.1, 0.15) is 43.6 Å². The number of hydrogen-bond acceptors (Lipinski definition) is 1. The molecule has 2 heteroatoms. The molecule has 0 aromatic carbocycles. The molecule has 0 saturated heterocycles. The van der Waals surface area contributed by atoms with Crippen molar-refractivity contribution in [2.45, 2.75) is 45.4 Å². The van der Waals surface area contributed by atoms with E-state index >= 15 is 0 Å². The van der Waals surface area contributed by atoms with Gasteiger partial charge in [-0.1, -0.05) is 25.7 Å². The third-order valence-corrected chi connectivity index (χ3v) is 2.95. The van der Waals surface area contributed by atoms with Crippen LogP contribution in [0.5, 0.6) is 0 Å². The van der Waals surface area contributed by atoms with Crippen molar-refractivity contribution in [1.82, 2.24) is 9.97 Å². The van der Waals surface area contributed by atoms with E-state index in [2.05, 4.69) is 16.2 Å². The Bertz CT molecular complexity index is 261. The molecular formula is C11H17N2. The van der Waals surface area contributed by atoms with Gasteiger partial charge in [-0.15, -0.1) is 0 Å². The zero-order chi connectivity index (χ0) is 9.10. The largest absolute Gasteiger partial charge is 0.346 e. The molecule has 1 fully saturated rings. The second-order valence-corrected chi connectivity index (χ2v) is 4.10. The molecule has 1 saturated carbocycles. The van der Waals surface area contributed by atoms with Gasteiger partial charge in [0, 0.05) is 5.69 Å². The van der Waals surface area contributed by atoms with Gasteiger partial charge in [0.05, 0.1) is 0 Å². The maximum Gasteiger partial charge on any atom is 0.112 e. The number of aromatic nitrogens is 2. The highest BCUT2D eigenvalue weighted by molar-refractivity contribution is 4.97. The molecule has 1 aliphatic carbocycles. The molecule has 1 aliphatic rings. The fourth-order valence-corrected chi connectivity index (χ4v) is 1.89. The number of nitrogens with one attached hydrogen (secondary N) is 1. The highest BCUT2D eigenvalue weighted by Gasteiger charge is 2.16. The summed E-state index contributed by atoms with van der Waals surface area (Å²) in [4.78, 5) is 7.29. The molecule has 1 aromatic heterocycles. The van der Waals surface area contributed by atoms with Crippen LogP contribution in [0.4, 0.5) is 0 Å². The minimum Gasteiger partial charge on any atom is -0.346 e. The van der Waals surface area contributed by atoms with E-state index in [1.807, 2.05) is 6.92 Å². The van der Waals surface area contributed by atoms with Crippen LogP contribution in [-0.2, 0) is 6.42 Å². The van der Waals surface area contributed by atoms with E-state index in [-0.39, 0.29) is 0 Å². The first-order valence-electron chi connectivity index (χ1n) is 5.28. The maximum atomic E-state index is 4.07. The Balaban J connectivity index is 1.67. The lowest BCUT2D eigenvalue weighted by Crippen LogP contribution is -2.10. The molecule has 0 spiro atoms. The van der Waals surface area contributed by atoms with Gasteiger partial charge in [0.15, 0.2) is 0 Å². The molecular weight excluding hydrogens is 160 g/mol. The number of rotatable bonds is 4. The lowest BCUT2D eigenvalue weighted by molar-refractivity contribution is 0.290. The first kappa shape index (κ1) is 8.79. The molecule has 13 heavy (non-hydrogen) atoms. The van der Waals surface area contributed by atoms with Crippen LogP contribution in [-0.4, -0.2) is 9.97 Å². The van der Waals surface area contributed by atoms with Gasteiger partial charge in [0.2, 0.25) is 0 Å². The predicted octanol–water partition coefficient (Wildman–Crippen LogP) is 2.64. The van der Waals surface area contributed by atoms with E-state index in [1.54, 1.807) is 0 Å². The summed E-state index contributed by atoms with van der Waals surface area (Å²) in [6.07, 6.45) is 11.2. The lowest BCUT2D eigenvalue weighted by atomic mass is 9.82. The Morgan fingerprint density at radius 1 is 1.54 bits per heavy atom. The van der Waals surface area contributed by atoms with Crippen molar-refractivity contribution in [2.24, 2.45) is 5.92 Å². The van der Waals surface area contributed by atoms with Crippen molar-refractivity contribution in [2.75, 3.05) is 0 Å². The van der Waals surface area contributed by atoms with Gasteiger partial charge in [0.1, 0.15) is 12.0 Å². The predicted molar refractivity (Wildman–Crippen MR) is 52.4 cm³/mol. The van der Waals surface area contributed by atoms with E-state index in [9.17, 15) is 0 Å². The smallest absolute Gasteiger partial charge is 0.112 e. The monoisotopic (exact) mass is 177 g/mol. The van der Waals surface area contributed by atoms with Crippen molar-refractivity contribution >= 4 is 0 Å². The number of hydrogen-bond donors (Lipinski definition) is 1. The van der Waals surface area contributed by atoms with Gasteiger partial charge in [-0.05, 0) is 25.7 Å². The minimum absolute atomic E-state index is 0.985. The summed E-state index contributed by atoms with van der Waals surface area (Å²) in [5, 5.41) is 0. The van der Waals surface area contributed by atoms with Crippen LogP contribution in [0.25, 0.3) is 0 Å². The average Bonchev–Trinajstić information content (AvgIpc) is 2.42. The van der Waals surface area contributed by atoms with Gasteiger partial charge >= 0.3 is 0 Å². The zero-order valence-electron chi connectivity index (χ0n) is 8.27. The van der Waals surface area contributed by atoms with E-state index in [1.165, 1.54) is 37.8 Å². The summed E-state index contributed by atoms with van der Waals surface area (Å²) in [5.74, 6) is 2.02. The van der Waals surface area contributed by atoms with Crippen molar-refractivity contribution in [3.63, 3.8) is 0 Å². The molecule has 1 aromatic rings. The molecule has 0 unspecified atom stereocenters. The van der Waals surface area contributed by atoms with Crippen LogP contribution in [0.2, 0.25) is 0 Å². The van der Waals surface area contributed by atoms with Gasteiger partial charge in [-0.3, -0.25) is 0 Å². The minimum atomic E-state index is 0.985. The van der Waals surface area contributed by atoms with E-state index in [4.69, 9.17) is 0 Å². The Hall–Kier alpha value is -0.790. The van der Waals surface area contributed by atoms with Crippen molar-refractivity contribution in [1.29, 1.82) is 0 Å². The molecule has 2 rings (SSSR count). The zero-order valence-corrected chi connectivity index (χ0v) is 8.27. The Morgan fingerprint density at radius 3 is 2.92 bits per heavy atom. The first-order chi connectivity index (χ1) is 6.34. The van der Waals surface area contributed by atoms with E-state index in [0.29, 0.717) is 0 Å². The Labute approximate surface area is 79.8 Å². The Kier molecular flexibility index (Phi) is 2.67. The number of imidazole rings is 1. The Morgan fingerprint density at radius 2 is 2.38 bits per heavy atom. The third-order valence-electron chi connectivity index (χ3n) is 2.95. The van der Waals surface area contributed by atoms with Gasteiger partial charge in [-0.25, -0.2) is 4.98 Å². The lowest BCUT2D eigenvalue weighted by Gasteiger charge is -2.24. The van der Waals surface area contributed by atoms with E-state index < -0.39 is 0 Å². The van der Waals surface area contributed by atoms with Gasteiger partial charge in [-0.2, -0.15) is 0 Å². The summed E-state index contributed by atoms with van der Waals surface area (Å²) < 4.78 is 0. The standard InChI is InChI=1S/C11H17N2/c1-9-12-8-11(13-9)7-3-6-10-4-2-5-10/h10H,2-7H2,1H3,(H,12,13). The van der Waals surface area contributed by atoms with Crippen LogP contribution < -0.4 is 0 Å². The van der Waals surface area contributed by atoms with Crippen LogP contribution in [0, 0.1) is 19.0 Å². The third kappa shape index (κ3) is 2.33.